The van der Waals surface area contributed by atoms with Gasteiger partial charge in [0.1, 0.15) is 29.5 Å². The summed E-state index contributed by atoms with van der Waals surface area (Å²) in [5, 5.41) is 9.39. The van der Waals surface area contributed by atoms with Gasteiger partial charge in [0.2, 0.25) is 0 Å². The number of carboxylic acids is 1. The largest absolute Gasteiger partial charge is 0.598 e. The quantitative estimate of drug-likeness (QED) is 0.368. The molecule has 6 nitrogen and oxygen atoms in total. The highest BCUT2D eigenvalue weighted by atomic mass is 32.2. The summed E-state index contributed by atoms with van der Waals surface area (Å²) in [5.74, 6) is 0.510. The third-order valence-electron chi connectivity index (χ3n) is 6.25. The van der Waals surface area contributed by atoms with Gasteiger partial charge >= 0.3 is 5.97 Å². The van der Waals surface area contributed by atoms with Gasteiger partial charge in [-0.1, -0.05) is 55.5 Å². The zero-order chi connectivity index (χ0) is 25.9. The molecule has 0 bridgehead atoms. The minimum atomic E-state index is -1.26. The fourth-order valence-corrected chi connectivity index (χ4v) is 5.08. The molecule has 190 valence electrons. The predicted octanol–water partition coefficient (Wildman–Crippen LogP) is 5.57. The second-order valence-corrected chi connectivity index (χ2v) is 11.9. The predicted molar refractivity (Wildman–Crippen MR) is 142 cm³/mol. The Hall–Kier alpha value is -3.00. The summed E-state index contributed by atoms with van der Waals surface area (Å²) >= 11 is -1.26. The SMILES string of the molecule is CCc1cccc(CC(=O)O)c1OCc1ccc2c(c1CN[S+]([O-])C(C)(C)C)-c1ccccc1CO2. The molecule has 0 fully saturated rings. The molecule has 0 radical (unpaired) electrons. The maximum absolute atomic E-state index is 12.9. The molecule has 0 spiro atoms. The smallest absolute Gasteiger partial charge is 0.307 e. The first-order valence-electron chi connectivity index (χ1n) is 12.2. The number of carbonyl (C=O) groups is 1. The highest BCUT2D eigenvalue weighted by Gasteiger charge is 2.28. The molecule has 1 aliphatic rings. The van der Waals surface area contributed by atoms with Gasteiger partial charge < -0.3 is 19.1 Å². The van der Waals surface area contributed by atoms with E-state index >= 15 is 0 Å². The van der Waals surface area contributed by atoms with Crippen LogP contribution in [0.15, 0.2) is 54.6 Å². The number of hydrogen-bond acceptors (Lipinski definition) is 5. The van der Waals surface area contributed by atoms with E-state index in [0.717, 1.165) is 45.6 Å². The lowest BCUT2D eigenvalue weighted by Gasteiger charge is -2.28. The van der Waals surface area contributed by atoms with Gasteiger partial charge in [0.05, 0.1) is 13.0 Å². The number of aryl methyl sites for hydroxylation is 1. The molecule has 36 heavy (non-hydrogen) atoms. The molecular formula is C29H33NO5S. The highest BCUT2D eigenvalue weighted by Crippen LogP contribution is 2.42. The van der Waals surface area contributed by atoms with Crippen molar-refractivity contribution in [3.63, 3.8) is 0 Å². The molecule has 0 saturated carbocycles. The molecule has 1 unspecified atom stereocenters. The molecule has 1 aliphatic heterocycles. The zero-order valence-electron chi connectivity index (χ0n) is 21.2. The van der Waals surface area contributed by atoms with Crippen molar-refractivity contribution in [3.8, 4) is 22.6 Å². The number of carboxylic acid groups (broad SMARTS) is 1. The third-order valence-corrected chi connectivity index (χ3v) is 7.77. The Labute approximate surface area is 216 Å². The standard InChI is InChI=1S/C29H33NO5S/c1-5-19-10-8-11-20(15-26(31)32)28(19)35-18-22-13-14-25-27(23-12-7-6-9-21(23)17-34-25)24(22)16-30-36(33)29(2,3)4/h6-14,30H,5,15-18H2,1-4H3,(H,31,32). The van der Waals surface area contributed by atoms with Crippen molar-refractivity contribution in [1.29, 1.82) is 0 Å². The van der Waals surface area contributed by atoms with E-state index in [-0.39, 0.29) is 13.0 Å². The van der Waals surface area contributed by atoms with E-state index in [9.17, 15) is 14.5 Å². The number of ether oxygens (including phenoxy) is 2. The third kappa shape index (κ3) is 5.69. The molecule has 2 N–H and O–H groups in total. The summed E-state index contributed by atoms with van der Waals surface area (Å²) in [4.78, 5) is 11.4. The lowest BCUT2D eigenvalue weighted by Crippen LogP contribution is -2.39. The second kappa shape index (κ2) is 10.9. The van der Waals surface area contributed by atoms with Gasteiger partial charge in [-0.15, -0.1) is 4.72 Å². The normalized spacial score (nSPS) is 13.4. The minimum Gasteiger partial charge on any atom is -0.598 e. The molecule has 0 saturated heterocycles. The van der Waals surface area contributed by atoms with Crippen LogP contribution in [0.5, 0.6) is 11.5 Å². The van der Waals surface area contributed by atoms with Crippen LogP contribution in [0.2, 0.25) is 0 Å². The molecule has 0 aliphatic carbocycles. The Morgan fingerprint density at radius 1 is 1.08 bits per heavy atom. The molecule has 0 aromatic heterocycles. The van der Waals surface area contributed by atoms with E-state index in [1.165, 1.54) is 0 Å². The number of nitrogens with one attached hydrogen (secondary N) is 1. The summed E-state index contributed by atoms with van der Waals surface area (Å²) in [7, 11) is 0. The van der Waals surface area contributed by atoms with E-state index in [2.05, 4.69) is 16.9 Å². The molecule has 1 atom stereocenters. The first kappa shape index (κ1) is 26.1. The van der Waals surface area contributed by atoms with Crippen molar-refractivity contribution in [1.82, 2.24) is 4.72 Å². The Bertz CT molecular complexity index is 1250. The van der Waals surface area contributed by atoms with E-state index in [0.29, 0.717) is 24.5 Å². The zero-order valence-corrected chi connectivity index (χ0v) is 22.0. The van der Waals surface area contributed by atoms with Crippen molar-refractivity contribution < 1.29 is 23.9 Å². The summed E-state index contributed by atoms with van der Waals surface area (Å²) in [6, 6.07) is 17.7. The topological polar surface area (TPSA) is 90.9 Å². The molecule has 3 aromatic carbocycles. The molecule has 4 rings (SSSR count). The van der Waals surface area contributed by atoms with Crippen molar-refractivity contribution >= 4 is 17.3 Å². The van der Waals surface area contributed by atoms with Crippen LogP contribution in [0.1, 0.15) is 55.5 Å². The van der Waals surface area contributed by atoms with Crippen LogP contribution in [-0.4, -0.2) is 20.4 Å². The van der Waals surface area contributed by atoms with Crippen LogP contribution in [0.25, 0.3) is 11.1 Å². The fraction of sp³-hybridized carbons (Fsp3) is 0.345. The van der Waals surface area contributed by atoms with Crippen molar-refractivity contribution in [2.24, 2.45) is 0 Å². The van der Waals surface area contributed by atoms with Crippen molar-refractivity contribution in [2.75, 3.05) is 0 Å². The second-order valence-electron chi connectivity index (χ2n) is 9.84. The number of rotatable bonds is 9. The Kier molecular flexibility index (Phi) is 7.93. The summed E-state index contributed by atoms with van der Waals surface area (Å²) in [6.45, 7) is 8.96. The first-order chi connectivity index (χ1) is 17.2. The number of para-hydroxylation sites is 1. The fourth-order valence-electron chi connectivity index (χ4n) is 4.38. The Morgan fingerprint density at radius 3 is 2.56 bits per heavy atom. The van der Waals surface area contributed by atoms with E-state index < -0.39 is 22.1 Å². The van der Waals surface area contributed by atoms with Crippen LogP contribution >= 0.6 is 0 Å². The van der Waals surface area contributed by atoms with Gasteiger partial charge in [0, 0.05) is 22.5 Å². The summed E-state index contributed by atoms with van der Waals surface area (Å²) < 4.78 is 28.0. The van der Waals surface area contributed by atoms with Gasteiger partial charge in [-0.2, -0.15) is 0 Å². The molecular weight excluding hydrogens is 474 g/mol. The average Bonchev–Trinajstić information content (AvgIpc) is 2.85. The average molecular weight is 508 g/mol. The maximum atomic E-state index is 12.9. The Morgan fingerprint density at radius 2 is 1.83 bits per heavy atom. The lowest BCUT2D eigenvalue weighted by molar-refractivity contribution is -0.136. The lowest BCUT2D eigenvalue weighted by atomic mass is 9.90. The summed E-state index contributed by atoms with van der Waals surface area (Å²) in [6.07, 6.45) is 0.626. The molecule has 0 amide bonds. The Balaban J connectivity index is 1.74. The molecule has 7 heteroatoms. The molecule has 1 heterocycles. The van der Waals surface area contributed by atoms with Gasteiger partial charge in [-0.05, 0) is 61.1 Å². The number of aliphatic carboxylic acids is 1. The van der Waals surface area contributed by atoms with Gasteiger partial charge in [0.25, 0.3) is 0 Å². The van der Waals surface area contributed by atoms with Crippen LogP contribution in [0, 0.1) is 0 Å². The van der Waals surface area contributed by atoms with Gasteiger partial charge in [-0.25, -0.2) is 0 Å². The summed E-state index contributed by atoms with van der Waals surface area (Å²) in [5.41, 5.74) is 6.69. The number of benzene rings is 3. The van der Waals surface area contributed by atoms with Crippen molar-refractivity contribution in [2.45, 2.75) is 65.0 Å². The molecule has 3 aromatic rings. The van der Waals surface area contributed by atoms with Crippen LogP contribution < -0.4 is 14.2 Å². The monoisotopic (exact) mass is 507 g/mol. The maximum Gasteiger partial charge on any atom is 0.307 e. The van der Waals surface area contributed by atoms with E-state index in [1.807, 2.05) is 64.1 Å². The first-order valence-corrected chi connectivity index (χ1v) is 13.3. The number of fused-ring (bicyclic) bond motifs is 3. The number of hydrogen-bond donors (Lipinski definition) is 2. The van der Waals surface area contributed by atoms with Gasteiger partial charge in [-0.3, -0.25) is 4.79 Å². The van der Waals surface area contributed by atoms with Crippen LogP contribution in [0.3, 0.4) is 0 Å². The van der Waals surface area contributed by atoms with Crippen molar-refractivity contribution in [3.05, 3.63) is 82.4 Å². The minimum absolute atomic E-state index is 0.104. The van der Waals surface area contributed by atoms with Crippen LogP contribution in [-0.2, 0) is 48.8 Å². The highest BCUT2D eigenvalue weighted by molar-refractivity contribution is 7.90. The van der Waals surface area contributed by atoms with E-state index in [1.54, 1.807) is 6.07 Å². The van der Waals surface area contributed by atoms with Gasteiger partial charge in [0.15, 0.2) is 0 Å². The van der Waals surface area contributed by atoms with Crippen LogP contribution in [0.4, 0.5) is 0 Å². The van der Waals surface area contributed by atoms with E-state index in [4.69, 9.17) is 9.47 Å².